The summed E-state index contributed by atoms with van der Waals surface area (Å²) in [4.78, 5) is 4.08. The van der Waals surface area contributed by atoms with Gasteiger partial charge in [0.2, 0.25) is 0 Å². The second-order valence-electron chi connectivity index (χ2n) is 4.76. The second-order valence-corrected chi connectivity index (χ2v) is 4.76. The summed E-state index contributed by atoms with van der Waals surface area (Å²) in [6.45, 7) is 2.09. The molecule has 132 valence electrons. The zero-order valence-corrected chi connectivity index (χ0v) is 15.6. The van der Waals surface area contributed by atoms with Gasteiger partial charge in [-0.25, -0.2) is 0 Å². The number of guanidine groups is 1. The lowest BCUT2D eigenvalue weighted by Gasteiger charge is -2.13. The lowest BCUT2D eigenvalue weighted by molar-refractivity contribution is -0.153. The summed E-state index contributed by atoms with van der Waals surface area (Å²) in [6, 6.07) is 6.56. The topological polar surface area (TPSA) is 45.7 Å². The van der Waals surface area contributed by atoms with Crippen molar-refractivity contribution in [3.05, 3.63) is 29.8 Å². The number of nitrogens with zero attached hydrogens (tertiary/aromatic N) is 1. The van der Waals surface area contributed by atoms with Crippen molar-refractivity contribution in [2.45, 2.75) is 32.5 Å². The smallest absolute Gasteiger partial charge is 0.422 e. The molecule has 0 saturated carbocycles. The number of alkyl halides is 3. The van der Waals surface area contributed by atoms with Crippen LogP contribution in [0.3, 0.4) is 0 Å². The first-order valence-electron chi connectivity index (χ1n) is 7.17. The van der Waals surface area contributed by atoms with Crippen molar-refractivity contribution in [2.24, 2.45) is 4.99 Å². The molecule has 8 heteroatoms. The highest BCUT2D eigenvalue weighted by atomic mass is 127. The Kier molecular flexibility index (Phi) is 10.8. The van der Waals surface area contributed by atoms with Gasteiger partial charge in [-0.3, -0.25) is 4.99 Å². The molecule has 2 N–H and O–H groups in total. The highest BCUT2D eigenvalue weighted by Crippen LogP contribution is 2.19. The van der Waals surface area contributed by atoms with Crippen molar-refractivity contribution in [2.75, 3.05) is 20.2 Å². The van der Waals surface area contributed by atoms with Crippen LogP contribution in [0.25, 0.3) is 0 Å². The SMILES string of the molecule is CCCCNC(=NC)NCc1cccc(OCC(F)(F)F)c1.I. The highest BCUT2D eigenvalue weighted by Gasteiger charge is 2.28. The quantitative estimate of drug-likeness (QED) is 0.291. The van der Waals surface area contributed by atoms with Crippen molar-refractivity contribution in [3.63, 3.8) is 0 Å². The molecule has 0 aliphatic rings. The summed E-state index contributed by atoms with van der Waals surface area (Å²) >= 11 is 0. The van der Waals surface area contributed by atoms with Crippen molar-refractivity contribution in [1.29, 1.82) is 0 Å². The molecular formula is C15H23F3IN3O. The van der Waals surface area contributed by atoms with Gasteiger partial charge in [0.1, 0.15) is 5.75 Å². The van der Waals surface area contributed by atoms with Crippen LogP contribution >= 0.6 is 24.0 Å². The van der Waals surface area contributed by atoms with E-state index in [1.165, 1.54) is 6.07 Å². The number of unbranched alkanes of at least 4 members (excludes halogenated alkanes) is 1. The van der Waals surface area contributed by atoms with Crippen molar-refractivity contribution >= 4 is 29.9 Å². The highest BCUT2D eigenvalue weighted by molar-refractivity contribution is 14.0. The van der Waals surface area contributed by atoms with E-state index in [-0.39, 0.29) is 29.7 Å². The number of nitrogens with one attached hydrogen (secondary N) is 2. The molecule has 23 heavy (non-hydrogen) atoms. The number of rotatable bonds is 7. The van der Waals surface area contributed by atoms with Crippen LogP contribution < -0.4 is 15.4 Å². The fourth-order valence-corrected chi connectivity index (χ4v) is 1.70. The summed E-state index contributed by atoms with van der Waals surface area (Å²) in [7, 11) is 1.67. The molecule has 0 spiro atoms. The number of benzene rings is 1. The van der Waals surface area contributed by atoms with Crippen LogP contribution in [0.2, 0.25) is 0 Å². The Morgan fingerprint density at radius 1 is 1.26 bits per heavy atom. The van der Waals surface area contributed by atoms with E-state index in [0.717, 1.165) is 24.9 Å². The summed E-state index contributed by atoms with van der Waals surface area (Å²) in [5.74, 6) is 0.862. The zero-order valence-electron chi connectivity index (χ0n) is 13.2. The van der Waals surface area contributed by atoms with E-state index in [9.17, 15) is 13.2 Å². The molecule has 1 rings (SSSR count). The van der Waals surface area contributed by atoms with Crippen LogP contribution in [0.1, 0.15) is 25.3 Å². The van der Waals surface area contributed by atoms with E-state index in [1.54, 1.807) is 19.2 Å². The first-order valence-corrected chi connectivity index (χ1v) is 7.17. The minimum absolute atomic E-state index is 0. The first kappa shape index (κ1) is 21.8. The molecule has 0 radical (unpaired) electrons. The van der Waals surface area contributed by atoms with Gasteiger partial charge in [-0.05, 0) is 24.1 Å². The average Bonchev–Trinajstić information content (AvgIpc) is 2.48. The summed E-state index contributed by atoms with van der Waals surface area (Å²) in [5, 5.41) is 6.26. The van der Waals surface area contributed by atoms with Gasteiger partial charge in [-0.2, -0.15) is 13.2 Å². The number of halogens is 4. The maximum absolute atomic E-state index is 12.1. The van der Waals surface area contributed by atoms with E-state index in [1.807, 2.05) is 6.07 Å². The maximum Gasteiger partial charge on any atom is 0.422 e. The van der Waals surface area contributed by atoms with Gasteiger partial charge in [0, 0.05) is 20.1 Å². The Hall–Kier alpha value is -1.19. The summed E-state index contributed by atoms with van der Waals surface area (Å²) < 4.78 is 41.1. The zero-order chi connectivity index (χ0) is 16.4. The monoisotopic (exact) mass is 445 g/mol. The van der Waals surface area contributed by atoms with E-state index < -0.39 is 12.8 Å². The van der Waals surface area contributed by atoms with Crippen molar-refractivity contribution < 1.29 is 17.9 Å². The fraction of sp³-hybridized carbons (Fsp3) is 0.533. The predicted molar refractivity (Wildman–Crippen MR) is 96.5 cm³/mol. The third-order valence-corrected chi connectivity index (χ3v) is 2.81. The molecule has 0 saturated heterocycles. The maximum atomic E-state index is 12.1. The lowest BCUT2D eigenvalue weighted by atomic mass is 10.2. The standard InChI is InChI=1S/C15H22F3N3O.HI/c1-3-4-8-20-14(19-2)21-10-12-6-5-7-13(9-12)22-11-15(16,17)18;/h5-7,9H,3-4,8,10-11H2,1-2H3,(H2,19,20,21);1H. The molecule has 0 bridgehead atoms. The Balaban J connectivity index is 0.00000484. The van der Waals surface area contributed by atoms with Crippen LogP contribution in [0.5, 0.6) is 5.75 Å². The third-order valence-electron chi connectivity index (χ3n) is 2.81. The molecule has 0 fully saturated rings. The minimum Gasteiger partial charge on any atom is -0.484 e. The van der Waals surface area contributed by atoms with Gasteiger partial charge in [-0.15, -0.1) is 24.0 Å². The normalized spacial score (nSPS) is 11.6. The van der Waals surface area contributed by atoms with Gasteiger partial charge >= 0.3 is 6.18 Å². The molecule has 1 aromatic rings. The summed E-state index contributed by atoms with van der Waals surface area (Å²) in [6.07, 6.45) is -2.20. The Bertz CT molecular complexity index is 481. The molecule has 0 aliphatic carbocycles. The largest absolute Gasteiger partial charge is 0.484 e. The van der Waals surface area contributed by atoms with Gasteiger partial charge in [0.15, 0.2) is 12.6 Å². The van der Waals surface area contributed by atoms with Crippen molar-refractivity contribution in [3.8, 4) is 5.75 Å². The van der Waals surface area contributed by atoms with E-state index in [4.69, 9.17) is 4.74 Å². The Morgan fingerprint density at radius 3 is 2.61 bits per heavy atom. The number of hydrogen-bond acceptors (Lipinski definition) is 2. The van der Waals surface area contributed by atoms with Crippen LogP contribution in [-0.2, 0) is 6.54 Å². The number of hydrogen-bond donors (Lipinski definition) is 2. The number of aliphatic imine (C=N–C) groups is 1. The second kappa shape index (κ2) is 11.4. The number of ether oxygens (including phenoxy) is 1. The molecule has 0 aliphatic heterocycles. The molecule has 0 heterocycles. The molecule has 0 atom stereocenters. The van der Waals surface area contributed by atoms with Crippen LogP contribution in [0.15, 0.2) is 29.3 Å². The Labute approximate surface area is 151 Å². The molecular weight excluding hydrogens is 422 g/mol. The first-order chi connectivity index (χ1) is 10.4. The van der Waals surface area contributed by atoms with Gasteiger partial charge in [0.25, 0.3) is 0 Å². The van der Waals surface area contributed by atoms with E-state index in [2.05, 4.69) is 22.5 Å². The van der Waals surface area contributed by atoms with Crippen molar-refractivity contribution in [1.82, 2.24) is 10.6 Å². The average molecular weight is 445 g/mol. The van der Waals surface area contributed by atoms with Crippen LogP contribution in [0, 0.1) is 0 Å². The Morgan fingerprint density at radius 2 is 2.00 bits per heavy atom. The van der Waals surface area contributed by atoms with Gasteiger partial charge in [0.05, 0.1) is 0 Å². The molecule has 0 amide bonds. The van der Waals surface area contributed by atoms with E-state index >= 15 is 0 Å². The van der Waals surface area contributed by atoms with Crippen LogP contribution in [0.4, 0.5) is 13.2 Å². The minimum atomic E-state index is -4.33. The summed E-state index contributed by atoms with van der Waals surface area (Å²) in [5.41, 5.74) is 0.818. The molecule has 0 aromatic heterocycles. The van der Waals surface area contributed by atoms with Crippen LogP contribution in [-0.4, -0.2) is 32.3 Å². The lowest BCUT2D eigenvalue weighted by Crippen LogP contribution is -2.37. The fourth-order valence-electron chi connectivity index (χ4n) is 1.70. The molecule has 1 aromatic carbocycles. The third kappa shape index (κ3) is 10.2. The predicted octanol–water partition coefficient (Wildman–Crippen LogP) is 3.71. The van der Waals surface area contributed by atoms with Gasteiger partial charge < -0.3 is 15.4 Å². The van der Waals surface area contributed by atoms with Gasteiger partial charge in [-0.1, -0.05) is 25.5 Å². The molecule has 4 nitrogen and oxygen atoms in total. The molecule has 0 unspecified atom stereocenters. The van der Waals surface area contributed by atoms with E-state index in [0.29, 0.717) is 12.5 Å².